The number of carbonyl (C=O) groups excluding carboxylic acids is 2. The van der Waals surface area contributed by atoms with Crippen LogP contribution in [0.25, 0.3) is 0 Å². The molecule has 1 aromatic rings. The van der Waals surface area contributed by atoms with Gasteiger partial charge in [0.25, 0.3) is 0 Å². The quantitative estimate of drug-likeness (QED) is 0.918. The van der Waals surface area contributed by atoms with Crippen molar-refractivity contribution >= 4 is 23.2 Å². The normalized spacial score (nSPS) is 22.5. The van der Waals surface area contributed by atoms with Crippen LogP contribution in [0.2, 0.25) is 0 Å². The fourth-order valence-electron chi connectivity index (χ4n) is 2.41. The van der Waals surface area contributed by atoms with Gasteiger partial charge in [-0.05, 0) is 42.7 Å². The van der Waals surface area contributed by atoms with Gasteiger partial charge in [-0.15, -0.1) is 0 Å². The molecule has 2 amide bonds. The van der Waals surface area contributed by atoms with Gasteiger partial charge in [0.05, 0.1) is 0 Å². The average molecular weight is 280 g/mol. The fourth-order valence-corrected chi connectivity index (χ4v) is 3.07. The molecule has 1 unspecified atom stereocenters. The third-order valence-electron chi connectivity index (χ3n) is 3.41. The second kappa shape index (κ2) is 5.33. The van der Waals surface area contributed by atoms with E-state index in [0.29, 0.717) is 13.0 Å². The molecule has 1 aliphatic rings. The Bertz CT molecular complexity index is 468. The van der Waals surface area contributed by atoms with Crippen LogP contribution < -0.4 is 5.32 Å². The highest BCUT2D eigenvalue weighted by atomic mass is 32.1. The molecule has 1 N–H and O–H groups in total. The molecule has 104 valence electrons. The average Bonchev–Trinajstić information content (AvgIpc) is 2.83. The Hall–Kier alpha value is -1.36. The highest BCUT2D eigenvalue weighted by Gasteiger charge is 2.44. The number of hydrogen-bond acceptors (Lipinski definition) is 3. The van der Waals surface area contributed by atoms with Gasteiger partial charge in [-0.2, -0.15) is 11.3 Å². The number of piperazine rings is 1. The standard InChI is InChI=1S/C14H20N2O2S/c1-4-5-11-12(17)15-14(2,3)13(18)16(11)8-10-6-7-19-9-10/h6-7,9,11H,4-5,8H2,1-3H3,(H,15,17). The van der Waals surface area contributed by atoms with Gasteiger partial charge < -0.3 is 10.2 Å². The summed E-state index contributed by atoms with van der Waals surface area (Å²) in [7, 11) is 0. The summed E-state index contributed by atoms with van der Waals surface area (Å²) in [6.45, 7) is 6.07. The van der Waals surface area contributed by atoms with Crippen molar-refractivity contribution < 1.29 is 9.59 Å². The maximum Gasteiger partial charge on any atom is 0.248 e. The van der Waals surface area contributed by atoms with Gasteiger partial charge >= 0.3 is 0 Å². The molecule has 0 aliphatic carbocycles. The molecule has 0 spiro atoms. The molecule has 2 heterocycles. The lowest BCUT2D eigenvalue weighted by Gasteiger charge is -2.42. The van der Waals surface area contributed by atoms with Gasteiger partial charge in [0.1, 0.15) is 11.6 Å². The van der Waals surface area contributed by atoms with Crippen molar-refractivity contribution in [2.45, 2.75) is 51.7 Å². The van der Waals surface area contributed by atoms with Crippen LogP contribution in [0, 0.1) is 0 Å². The largest absolute Gasteiger partial charge is 0.340 e. The van der Waals surface area contributed by atoms with E-state index in [0.717, 1.165) is 12.0 Å². The number of thiophene rings is 1. The van der Waals surface area contributed by atoms with Gasteiger partial charge in [0, 0.05) is 6.54 Å². The zero-order valence-electron chi connectivity index (χ0n) is 11.6. The maximum absolute atomic E-state index is 12.5. The van der Waals surface area contributed by atoms with E-state index in [9.17, 15) is 9.59 Å². The van der Waals surface area contributed by atoms with Crippen LogP contribution >= 0.6 is 11.3 Å². The van der Waals surface area contributed by atoms with Crippen molar-refractivity contribution in [1.82, 2.24) is 10.2 Å². The van der Waals surface area contributed by atoms with E-state index in [2.05, 4.69) is 5.32 Å². The maximum atomic E-state index is 12.5. The molecule has 4 nitrogen and oxygen atoms in total. The number of hydrogen-bond donors (Lipinski definition) is 1. The molecule has 1 saturated heterocycles. The Morgan fingerprint density at radius 3 is 2.74 bits per heavy atom. The molecule has 0 bridgehead atoms. The molecule has 0 radical (unpaired) electrons. The molecule has 1 aromatic heterocycles. The Kier molecular flexibility index (Phi) is 3.94. The van der Waals surface area contributed by atoms with Crippen LogP contribution in [0.5, 0.6) is 0 Å². The molecule has 2 rings (SSSR count). The predicted molar refractivity (Wildman–Crippen MR) is 75.8 cm³/mol. The Morgan fingerprint density at radius 1 is 1.42 bits per heavy atom. The van der Waals surface area contributed by atoms with E-state index in [1.807, 2.05) is 23.8 Å². The molecular formula is C14H20N2O2S. The van der Waals surface area contributed by atoms with Crippen molar-refractivity contribution in [3.63, 3.8) is 0 Å². The lowest BCUT2D eigenvalue weighted by atomic mass is 9.94. The second-order valence-electron chi connectivity index (χ2n) is 5.48. The summed E-state index contributed by atoms with van der Waals surface area (Å²) >= 11 is 1.61. The van der Waals surface area contributed by atoms with E-state index in [4.69, 9.17) is 0 Å². The van der Waals surface area contributed by atoms with Gasteiger partial charge in [-0.25, -0.2) is 0 Å². The first-order valence-electron chi connectivity index (χ1n) is 6.60. The smallest absolute Gasteiger partial charge is 0.248 e. The van der Waals surface area contributed by atoms with E-state index in [1.54, 1.807) is 30.1 Å². The summed E-state index contributed by atoms with van der Waals surface area (Å²) in [6.07, 6.45) is 1.59. The first-order chi connectivity index (χ1) is 8.95. The minimum absolute atomic E-state index is 0.00301. The summed E-state index contributed by atoms with van der Waals surface area (Å²) in [5.41, 5.74) is 0.280. The molecule has 19 heavy (non-hydrogen) atoms. The molecule has 5 heteroatoms. The zero-order valence-corrected chi connectivity index (χ0v) is 12.4. The van der Waals surface area contributed by atoms with Gasteiger partial charge in [-0.1, -0.05) is 13.3 Å². The van der Waals surface area contributed by atoms with Gasteiger partial charge in [0.15, 0.2) is 0 Å². The molecule has 1 aliphatic heterocycles. The molecule has 0 saturated carbocycles. The summed E-state index contributed by atoms with van der Waals surface area (Å²) in [4.78, 5) is 26.4. The SMILES string of the molecule is CCCC1C(=O)NC(C)(C)C(=O)N1Cc1ccsc1. The second-order valence-corrected chi connectivity index (χ2v) is 6.26. The number of nitrogens with one attached hydrogen (secondary N) is 1. The summed E-state index contributed by atoms with van der Waals surface area (Å²) < 4.78 is 0. The van der Waals surface area contributed by atoms with Crippen LogP contribution in [0.15, 0.2) is 16.8 Å². The van der Waals surface area contributed by atoms with E-state index in [1.165, 1.54) is 0 Å². The lowest BCUT2D eigenvalue weighted by Crippen LogP contribution is -2.67. The topological polar surface area (TPSA) is 49.4 Å². The Labute approximate surface area is 117 Å². The summed E-state index contributed by atoms with van der Waals surface area (Å²) in [6, 6.07) is 1.66. The zero-order chi connectivity index (χ0) is 14.0. The predicted octanol–water partition coefficient (Wildman–Crippen LogP) is 2.15. The first-order valence-corrected chi connectivity index (χ1v) is 7.54. The fraction of sp³-hybridized carbons (Fsp3) is 0.571. The van der Waals surface area contributed by atoms with Crippen molar-refractivity contribution in [3.8, 4) is 0 Å². The van der Waals surface area contributed by atoms with Crippen molar-refractivity contribution in [2.75, 3.05) is 0 Å². The minimum atomic E-state index is -0.808. The third kappa shape index (κ3) is 2.81. The van der Waals surface area contributed by atoms with Crippen molar-refractivity contribution in [2.24, 2.45) is 0 Å². The summed E-state index contributed by atoms with van der Waals surface area (Å²) in [5.74, 6) is -0.0431. The summed E-state index contributed by atoms with van der Waals surface area (Å²) in [5, 5.41) is 6.84. The number of amides is 2. The number of carbonyl (C=O) groups is 2. The highest BCUT2D eigenvalue weighted by Crippen LogP contribution is 2.23. The lowest BCUT2D eigenvalue weighted by molar-refractivity contribution is -0.154. The van der Waals surface area contributed by atoms with E-state index < -0.39 is 5.54 Å². The van der Waals surface area contributed by atoms with Gasteiger partial charge in [-0.3, -0.25) is 9.59 Å². The third-order valence-corrected chi connectivity index (χ3v) is 4.14. The van der Waals surface area contributed by atoms with Crippen molar-refractivity contribution in [3.05, 3.63) is 22.4 Å². The molecular weight excluding hydrogens is 260 g/mol. The van der Waals surface area contributed by atoms with Crippen LogP contribution in [0.4, 0.5) is 0 Å². The van der Waals surface area contributed by atoms with Crippen LogP contribution in [-0.2, 0) is 16.1 Å². The van der Waals surface area contributed by atoms with Crippen molar-refractivity contribution in [1.29, 1.82) is 0 Å². The highest BCUT2D eigenvalue weighted by molar-refractivity contribution is 7.07. The Balaban J connectivity index is 2.26. The molecule has 0 aromatic carbocycles. The number of nitrogens with zero attached hydrogens (tertiary/aromatic N) is 1. The minimum Gasteiger partial charge on any atom is -0.340 e. The molecule has 1 atom stereocenters. The van der Waals surface area contributed by atoms with Crippen LogP contribution in [0.3, 0.4) is 0 Å². The van der Waals surface area contributed by atoms with Crippen LogP contribution in [0.1, 0.15) is 39.2 Å². The molecule has 1 fully saturated rings. The van der Waals surface area contributed by atoms with E-state index in [-0.39, 0.29) is 17.9 Å². The van der Waals surface area contributed by atoms with Crippen LogP contribution in [-0.4, -0.2) is 28.3 Å². The number of rotatable bonds is 4. The van der Waals surface area contributed by atoms with Gasteiger partial charge in [0.2, 0.25) is 11.8 Å². The van der Waals surface area contributed by atoms with E-state index >= 15 is 0 Å². The first kappa shape index (κ1) is 14.1. The Morgan fingerprint density at radius 2 is 2.16 bits per heavy atom. The monoisotopic (exact) mass is 280 g/mol.